The van der Waals surface area contributed by atoms with Crippen LogP contribution in [0.2, 0.25) is 0 Å². The highest BCUT2D eigenvalue weighted by atomic mass is 79.9. The van der Waals surface area contributed by atoms with Gasteiger partial charge in [-0.05, 0) is 42.3 Å². The van der Waals surface area contributed by atoms with Gasteiger partial charge >= 0.3 is 0 Å². The number of carbonyl (C=O) groups excluding carboxylic acids is 1. The number of hydrogen-bond acceptors (Lipinski definition) is 4. The SMILES string of the molecule is CCC(C)NCC(=O)Nc1cc([N+](=O)[O-])c(C)cc1Br. The molecule has 1 aromatic carbocycles. The minimum Gasteiger partial charge on any atom is -0.324 e. The number of halogens is 1. The van der Waals surface area contributed by atoms with E-state index in [0.717, 1.165) is 6.42 Å². The zero-order valence-electron chi connectivity index (χ0n) is 11.7. The fraction of sp³-hybridized carbons (Fsp3) is 0.462. The molecule has 0 radical (unpaired) electrons. The lowest BCUT2D eigenvalue weighted by Gasteiger charge is -2.12. The third-order valence-electron chi connectivity index (χ3n) is 2.98. The molecule has 0 aromatic heterocycles. The van der Waals surface area contributed by atoms with E-state index in [0.29, 0.717) is 15.7 Å². The maximum Gasteiger partial charge on any atom is 0.274 e. The number of carbonyl (C=O) groups is 1. The Morgan fingerprint density at radius 3 is 2.70 bits per heavy atom. The molecule has 110 valence electrons. The van der Waals surface area contributed by atoms with Crippen molar-refractivity contribution in [2.45, 2.75) is 33.2 Å². The Balaban J connectivity index is 2.79. The molecule has 2 N–H and O–H groups in total. The van der Waals surface area contributed by atoms with Gasteiger partial charge in [-0.15, -0.1) is 0 Å². The van der Waals surface area contributed by atoms with Gasteiger partial charge in [-0.1, -0.05) is 6.92 Å². The van der Waals surface area contributed by atoms with E-state index in [1.54, 1.807) is 13.0 Å². The summed E-state index contributed by atoms with van der Waals surface area (Å²) in [5.41, 5.74) is 0.925. The number of nitro benzene ring substituents is 1. The minimum atomic E-state index is -0.463. The average molecular weight is 344 g/mol. The molecular weight excluding hydrogens is 326 g/mol. The lowest BCUT2D eigenvalue weighted by atomic mass is 10.2. The van der Waals surface area contributed by atoms with E-state index < -0.39 is 4.92 Å². The number of anilines is 1. The first kappa shape index (κ1) is 16.6. The molecule has 0 aliphatic heterocycles. The smallest absolute Gasteiger partial charge is 0.274 e. The summed E-state index contributed by atoms with van der Waals surface area (Å²) in [6.07, 6.45) is 0.924. The number of amides is 1. The number of nitrogens with zero attached hydrogens (tertiary/aromatic N) is 1. The van der Waals surface area contributed by atoms with Crippen LogP contribution in [0.25, 0.3) is 0 Å². The van der Waals surface area contributed by atoms with Crippen molar-refractivity contribution in [1.82, 2.24) is 5.32 Å². The Bertz CT molecular complexity index is 520. The van der Waals surface area contributed by atoms with Gasteiger partial charge in [-0.2, -0.15) is 0 Å². The predicted molar refractivity (Wildman–Crippen MR) is 81.9 cm³/mol. The van der Waals surface area contributed by atoms with Gasteiger partial charge in [0.15, 0.2) is 0 Å². The number of nitro groups is 1. The Kier molecular flexibility index (Phi) is 6.09. The van der Waals surface area contributed by atoms with Gasteiger partial charge in [-0.25, -0.2) is 0 Å². The highest BCUT2D eigenvalue weighted by molar-refractivity contribution is 9.10. The molecule has 0 saturated heterocycles. The minimum absolute atomic E-state index is 0.0154. The van der Waals surface area contributed by atoms with E-state index in [2.05, 4.69) is 26.6 Å². The third-order valence-corrected chi connectivity index (χ3v) is 3.64. The molecule has 1 atom stereocenters. The van der Waals surface area contributed by atoms with Crippen LogP contribution in [0.1, 0.15) is 25.8 Å². The van der Waals surface area contributed by atoms with Crippen LogP contribution in [-0.4, -0.2) is 23.4 Å². The van der Waals surface area contributed by atoms with Crippen molar-refractivity contribution in [3.63, 3.8) is 0 Å². The van der Waals surface area contributed by atoms with Crippen LogP contribution in [0.5, 0.6) is 0 Å². The quantitative estimate of drug-likeness (QED) is 0.614. The molecule has 0 saturated carbocycles. The molecule has 1 amide bonds. The molecule has 0 aliphatic carbocycles. The van der Waals surface area contributed by atoms with E-state index >= 15 is 0 Å². The monoisotopic (exact) mass is 343 g/mol. The van der Waals surface area contributed by atoms with Gasteiger partial charge in [-0.3, -0.25) is 14.9 Å². The summed E-state index contributed by atoms with van der Waals surface area (Å²) < 4.78 is 0.623. The molecular formula is C13H18BrN3O3. The molecule has 0 spiro atoms. The first-order valence-corrected chi connectivity index (χ1v) is 7.12. The van der Waals surface area contributed by atoms with E-state index in [1.165, 1.54) is 6.07 Å². The molecule has 1 unspecified atom stereocenters. The Morgan fingerprint density at radius 2 is 2.15 bits per heavy atom. The molecule has 0 heterocycles. The molecule has 20 heavy (non-hydrogen) atoms. The maximum absolute atomic E-state index is 11.8. The molecule has 0 fully saturated rings. The summed E-state index contributed by atoms with van der Waals surface area (Å²) >= 11 is 3.29. The summed E-state index contributed by atoms with van der Waals surface area (Å²) in [7, 11) is 0. The second-order valence-corrected chi connectivity index (χ2v) is 5.47. The molecule has 1 aromatic rings. The van der Waals surface area contributed by atoms with E-state index in [9.17, 15) is 14.9 Å². The number of hydrogen-bond donors (Lipinski definition) is 2. The Morgan fingerprint density at radius 1 is 1.50 bits per heavy atom. The standard InChI is InChI=1S/C13H18BrN3O3/c1-4-9(3)15-7-13(18)16-11-6-12(17(19)20)8(2)5-10(11)14/h5-6,9,15H,4,7H2,1-3H3,(H,16,18). The fourth-order valence-electron chi connectivity index (χ4n) is 1.56. The van der Waals surface area contributed by atoms with Crippen LogP contribution in [0, 0.1) is 17.0 Å². The van der Waals surface area contributed by atoms with Crippen LogP contribution in [0.4, 0.5) is 11.4 Å². The zero-order valence-corrected chi connectivity index (χ0v) is 13.3. The van der Waals surface area contributed by atoms with Gasteiger partial charge in [0.1, 0.15) is 0 Å². The molecule has 7 heteroatoms. The third kappa shape index (κ3) is 4.57. The lowest BCUT2D eigenvalue weighted by Crippen LogP contribution is -2.34. The van der Waals surface area contributed by atoms with Crippen LogP contribution in [0.15, 0.2) is 16.6 Å². The number of nitrogens with one attached hydrogen (secondary N) is 2. The molecule has 0 aliphatic rings. The summed E-state index contributed by atoms with van der Waals surface area (Å²) in [4.78, 5) is 22.2. The van der Waals surface area contributed by atoms with Gasteiger partial charge < -0.3 is 10.6 Å². The van der Waals surface area contributed by atoms with Crippen molar-refractivity contribution in [3.05, 3.63) is 32.3 Å². The Hall–Kier alpha value is -1.47. The van der Waals surface area contributed by atoms with Crippen LogP contribution >= 0.6 is 15.9 Å². The zero-order chi connectivity index (χ0) is 15.3. The highest BCUT2D eigenvalue weighted by Gasteiger charge is 2.15. The molecule has 0 bridgehead atoms. The summed E-state index contributed by atoms with van der Waals surface area (Å²) in [5, 5.41) is 16.6. The predicted octanol–water partition coefficient (Wildman–Crippen LogP) is 2.99. The van der Waals surface area contributed by atoms with Gasteiger partial charge in [0.25, 0.3) is 5.69 Å². The first-order chi connectivity index (χ1) is 9.35. The number of aryl methyl sites for hydroxylation is 1. The number of benzene rings is 1. The molecule has 1 rings (SSSR count). The first-order valence-electron chi connectivity index (χ1n) is 6.33. The van der Waals surface area contributed by atoms with Crippen molar-refractivity contribution in [2.75, 3.05) is 11.9 Å². The van der Waals surface area contributed by atoms with Crippen molar-refractivity contribution in [1.29, 1.82) is 0 Å². The summed E-state index contributed by atoms with van der Waals surface area (Å²) in [6.45, 7) is 5.83. The summed E-state index contributed by atoms with van der Waals surface area (Å²) in [6, 6.07) is 3.23. The van der Waals surface area contributed by atoms with Gasteiger partial charge in [0.05, 0.1) is 17.2 Å². The second-order valence-electron chi connectivity index (χ2n) is 4.61. The van der Waals surface area contributed by atoms with E-state index in [4.69, 9.17) is 0 Å². The number of rotatable bonds is 6. The van der Waals surface area contributed by atoms with Crippen LogP contribution in [-0.2, 0) is 4.79 Å². The Labute approximate surface area is 126 Å². The van der Waals surface area contributed by atoms with E-state index in [-0.39, 0.29) is 24.2 Å². The summed E-state index contributed by atoms with van der Waals surface area (Å²) in [5.74, 6) is -0.232. The van der Waals surface area contributed by atoms with E-state index in [1.807, 2.05) is 13.8 Å². The van der Waals surface area contributed by atoms with Crippen LogP contribution < -0.4 is 10.6 Å². The van der Waals surface area contributed by atoms with Crippen molar-refractivity contribution < 1.29 is 9.72 Å². The van der Waals surface area contributed by atoms with Gasteiger partial charge in [0, 0.05) is 22.1 Å². The molecule has 6 nitrogen and oxygen atoms in total. The topological polar surface area (TPSA) is 84.3 Å². The van der Waals surface area contributed by atoms with Gasteiger partial charge in [0.2, 0.25) is 5.91 Å². The highest BCUT2D eigenvalue weighted by Crippen LogP contribution is 2.30. The average Bonchev–Trinajstić information content (AvgIpc) is 2.38. The van der Waals surface area contributed by atoms with Crippen LogP contribution in [0.3, 0.4) is 0 Å². The largest absolute Gasteiger partial charge is 0.324 e. The fourth-order valence-corrected chi connectivity index (χ4v) is 2.12. The maximum atomic E-state index is 11.8. The van der Waals surface area contributed by atoms with Crippen molar-refractivity contribution in [3.8, 4) is 0 Å². The lowest BCUT2D eigenvalue weighted by molar-refractivity contribution is -0.385. The second kappa shape index (κ2) is 7.35. The normalized spacial score (nSPS) is 12.0. The van der Waals surface area contributed by atoms with Crippen molar-refractivity contribution >= 4 is 33.2 Å². The van der Waals surface area contributed by atoms with Crippen molar-refractivity contribution in [2.24, 2.45) is 0 Å².